The average molecular weight is 280 g/mol. The van der Waals surface area contributed by atoms with E-state index in [9.17, 15) is 14.4 Å². The molecule has 0 fully saturated rings. The number of hydrogen-bond donors (Lipinski definition) is 2. The summed E-state index contributed by atoms with van der Waals surface area (Å²) in [6.45, 7) is 3.28. The number of hydrogen-bond acceptors (Lipinski definition) is 4. The number of nitrogens with two attached hydrogens (primary N) is 1. The Balaban J connectivity index is 2.70. The fraction of sp³-hybridized carbons (Fsp3) is 0.308. The summed E-state index contributed by atoms with van der Waals surface area (Å²) in [5.74, 6) is -0.310. The second-order valence-electron chi connectivity index (χ2n) is 3.96. The van der Waals surface area contributed by atoms with Crippen molar-refractivity contribution >= 4 is 34.4 Å². The smallest absolute Gasteiger partial charge is 0.277 e. The van der Waals surface area contributed by atoms with Gasteiger partial charge >= 0.3 is 0 Å². The first-order valence-electron chi connectivity index (χ1n) is 5.82. The Hall–Kier alpha value is -1.82. The van der Waals surface area contributed by atoms with Gasteiger partial charge in [0.2, 0.25) is 5.91 Å². The molecular weight excluding hydrogens is 264 g/mol. The van der Waals surface area contributed by atoms with Crippen molar-refractivity contribution in [3.63, 3.8) is 0 Å². The monoisotopic (exact) mass is 280 g/mol. The Morgan fingerprint density at radius 2 is 1.84 bits per heavy atom. The van der Waals surface area contributed by atoms with Crippen LogP contribution in [0.1, 0.15) is 30.6 Å². The van der Waals surface area contributed by atoms with Crippen LogP contribution >= 0.6 is 11.8 Å². The fourth-order valence-corrected chi connectivity index (χ4v) is 2.09. The number of nitrogens with one attached hydrogen (secondary N) is 1. The predicted octanol–water partition coefficient (Wildman–Crippen LogP) is 2.42. The number of ketones is 1. The second-order valence-corrected chi connectivity index (χ2v) is 5.16. The van der Waals surface area contributed by atoms with E-state index in [1.165, 1.54) is 6.92 Å². The van der Waals surface area contributed by atoms with Crippen molar-refractivity contribution < 1.29 is 14.4 Å². The Morgan fingerprint density at radius 3 is 2.26 bits per heavy atom. The largest absolute Gasteiger partial charge is 0.360 e. The van der Waals surface area contributed by atoms with Gasteiger partial charge in [-0.25, -0.2) is 0 Å². The number of thioether (sulfide) groups is 1. The highest BCUT2D eigenvalue weighted by Crippen LogP contribution is 2.17. The molecule has 1 rings (SSSR count). The summed E-state index contributed by atoms with van der Waals surface area (Å²) in [6.07, 6.45) is 0.505. The van der Waals surface area contributed by atoms with E-state index in [1.54, 1.807) is 31.2 Å². The summed E-state index contributed by atoms with van der Waals surface area (Å²) in [7, 11) is 0. The molecule has 0 heterocycles. The Morgan fingerprint density at radius 1 is 1.26 bits per heavy atom. The first-order chi connectivity index (χ1) is 8.93. The number of primary amides is 1. The van der Waals surface area contributed by atoms with Crippen molar-refractivity contribution in [3.05, 3.63) is 29.8 Å². The molecule has 0 aliphatic carbocycles. The van der Waals surface area contributed by atoms with Gasteiger partial charge in [0.15, 0.2) is 5.78 Å². The minimum absolute atomic E-state index is 0.0337. The molecule has 3 N–H and O–H groups in total. The van der Waals surface area contributed by atoms with Crippen molar-refractivity contribution in [2.45, 2.75) is 25.5 Å². The average Bonchev–Trinajstić information content (AvgIpc) is 2.36. The van der Waals surface area contributed by atoms with Crippen molar-refractivity contribution in [1.82, 2.24) is 0 Å². The summed E-state index contributed by atoms with van der Waals surface area (Å²) < 4.78 is 0. The minimum atomic E-state index is -0.575. The van der Waals surface area contributed by atoms with E-state index in [1.807, 2.05) is 0 Å². The zero-order chi connectivity index (χ0) is 14.4. The lowest BCUT2D eigenvalue weighted by molar-refractivity contribution is -0.115. The molecule has 0 aromatic heterocycles. The molecule has 0 spiro atoms. The first kappa shape index (κ1) is 15.2. The minimum Gasteiger partial charge on any atom is -0.360 e. The summed E-state index contributed by atoms with van der Waals surface area (Å²) >= 11 is 0.808. The Labute approximate surface area is 115 Å². The number of benzene rings is 1. The third kappa shape index (κ3) is 4.75. The number of carbonyl (C=O) groups excluding carboxylic acids is 3. The maximum atomic E-state index is 11.9. The zero-order valence-corrected chi connectivity index (χ0v) is 11.6. The molecule has 102 valence electrons. The number of anilines is 1. The van der Waals surface area contributed by atoms with Gasteiger partial charge in [0.05, 0.1) is 5.25 Å². The quantitative estimate of drug-likeness (QED) is 0.810. The van der Waals surface area contributed by atoms with E-state index >= 15 is 0 Å². The molecule has 5 nitrogen and oxygen atoms in total. The molecule has 0 bridgehead atoms. The number of amides is 2. The van der Waals surface area contributed by atoms with Gasteiger partial charge in [0.25, 0.3) is 5.24 Å². The highest BCUT2D eigenvalue weighted by molar-refractivity contribution is 8.14. The highest BCUT2D eigenvalue weighted by atomic mass is 32.2. The lowest BCUT2D eigenvalue weighted by Crippen LogP contribution is -2.27. The van der Waals surface area contributed by atoms with Gasteiger partial charge < -0.3 is 11.1 Å². The van der Waals surface area contributed by atoms with Crippen LogP contribution in [-0.2, 0) is 4.79 Å². The van der Waals surface area contributed by atoms with Crippen LogP contribution in [0, 0.1) is 0 Å². The van der Waals surface area contributed by atoms with E-state index in [0.717, 1.165) is 11.8 Å². The van der Waals surface area contributed by atoms with Crippen molar-refractivity contribution in [2.75, 3.05) is 5.32 Å². The first-order valence-corrected chi connectivity index (χ1v) is 6.70. The maximum absolute atomic E-state index is 11.9. The molecule has 0 aliphatic heterocycles. The lowest BCUT2D eigenvalue weighted by atomic mass is 10.1. The molecular formula is C13H16N2O3S. The molecule has 0 saturated heterocycles. The van der Waals surface area contributed by atoms with Crippen LogP contribution in [0.2, 0.25) is 0 Å². The van der Waals surface area contributed by atoms with Gasteiger partial charge in [-0.1, -0.05) is 18.7 Å². The zero-order valence-electron chi connectivity index (χ0n) is 10.8. The van der Waals surface area contributed by atoms with Gasteiger partial charge in [0, 0.05) is 11.3 Å². The summed E-state index contributed by atoms with van der Waals surface area (Å²) in [5, 5.41) is 1.60. The molecule has 1 atom stereocenters. The summed E-state index contributed by atoms with van der Waals surface area (Å²) in [4.78, 5) is 33.8. The van der Waals surface area contributed by atoms with Crippen LogP contribution in [0.3, 0.4) is 0 Å². The van der Waals surface area contributed by atoms with Crippen LogP contribution in [-0.4, -0.2) is 22.2 Å². The fourth-order valence-electron chi connectivity index (χ4n) is 1.47. The van der Waals surface area contributed by atoms with Crippen LogP contribution in [0.5, 0.6) is 0 Å². The third-order valence-corrected chi connectivity index (χ3v) is 3.54. The molecule has 1 unspecified atom stereocenters. The van der Waals surface area contributed by atoms with Crippen LogP contribution < -0.4 is 11.1 Å². The van der Waals surface area contributed by atoms with E-state index in [-0.39, 0.29) is 11.7 Å². The van der Waals surface area contributed by atoms with Gasteiger partial charge in [-0.05, 0) is 37.6 Å². The SMILES string of the molecule is CCC(SC(N)=O)C(=O)Nc1ccc(C(C)=O)cc1. The summed E-state index contributed by atoms with van der Waals surface area (Å²) in [5.41, 5.74) is 6.22. The van der Waals surface area contributed by atoms with Crippen molar-refractivity contribution in [1.29, 1.82) is 0 Å². The lowest BCUT2D eigenvalue weighted by Gasteiger charge is -2.12. The Kier molecular flexibility index (Phi) is 5.57. The van der Waals surface area contributed by atoms with Crippen molar-refractivity contribution in [3.8, 4) is 0 Å². The Bertz CT molecular complexity index is 485. The van der Waals surface area contributed by atoms with Crippen LogP contribution in [0.25, 0.3) is 0 Å². The number of carbonyl (C=O) groups is 3. The van der Waals surface area contributed by atoms with Gasteiger partial charge in [-0.2, -0.15) is 0 Å². The maximum Gasteiger partial charge on any atom is 0.277 e. The normalized spacial score (nSPS) is 11.7. The molecule has 0 radical (unpaired) electrons. The van der Waals surface area contributed by atoms with E-state index in [4.69, 9.17) is 5.73 Å². The van der Waals surface area contributed by atoms with E-state index < -0.39 is 10.5 Å². The van der Waals surface area contributed by atoms with E-state index in [0.29, 0.717) is 17.7 Å². The van der Waals surface area contributed by atoms with E-state index in [2.05, 4.69) is 5.32 Å². The second kappa shape index (κ2) is 6.94. The highest BCUT2D eigenvalue weighted by Gasteiger charge is 2.19. The molecule has 0 aliphatic rings. The summed E-state index contributed by atoms with van der Waals surface area (Å²) in [6, 6.07) is 6.58. The van der Waals surface area contributed by atoms with Crippen molar-refractivity contribution in [2.24, 2.45) is 5.73 Å². The molecule has 6 heteroatoms. The van der Waals surface area contributed by atoms with Gasteiger partial charge in [0.1, 0.15) is 0 Å². The van der Waals surface area contributed by atoms with Gasteiger partial charge in [-0.15, -0.1) is 0 Å². The van der Waals surface area contributed by atoms with Crippen LogP contribution in [0.4, 0.5) is 10.5 Å². The molecule has 2 amide bonds. The predicted molar refractivity (Wildman–Crippen MR) is 76.3 cm³/mol. The van der Waals surface area contributed by atoms with Crippen LogP contribution in [0.15, 0.2) is 24.3 Å². The number of Topliss-reactive ketones (excluding diaryl/α,β-unsaturated/α-hetero) is 1. The topological polar surface area (TPSA) is 89.3 Å². The van der Waals surface area contributed by atoms with Gasteiger partial charge in [-0.3, -0.25) is 14.4 Å². The number of rotatable bonds is 5. The standard InChI is InChI=1S/C13H16N2O3S/c1-3-11(19-13(14)18)12(17)15-10-6-4-9(5-7-10)8(2)16/h4-7,11H,3H2,1-2H3,(H2,14,18)(H,15,17). The molecule has 0 saturated carbocycles. The molecule has 1 aromatic carbocycles. The third-order valence-electron chi connectivity index (χ3n) is 2.48. The molecule has 1 aromatic rings. The molecule has 19 heavy (non-hydrogen) atoms.